The molecule has 0 fully saturated rings. The third-order valence-corrected chi connectivity index (χ3v) is 4.26. The third-order valence-electron chi connectivity index (χ3n) is 4.26. The predicted molar refractivity (Wildman–Crippen MR) is 117 cm³/mol. The van der Waals surface area contributed by atoms with Crippen molar-refractivity contribution in [2.24, 2.45) is 5.10 Å². The number of hydrazone groups is 1. The Labute approximate surface area is 175 Å². The van der Waals surface area contributed by atoms with Crippen LogP contribution in [0, 0.1) is 0 Å². The molecule has 158 valence electrons. The molecule has 8 nitrogen and oxygen atoms in total. The fourth-order valence-electron chi connectivity index (χ4n) is 2.67. The van der Waals surface area contributed by atoms with Crippen LogP contribution in [0.4, 0.5) is 11.4 Å². The zero-order valence-electron chi connectivity index (χ0n) is 17.3. The van der Waals surface area contributed by atoms with Crippen LogP contribution in [0.1, 0.15) is 36.7 Å². The van der Waals surface area contributed by atoms with Gasteiger partial charge in [-0.3, -0.25) is 9.59 Å². The number of carbonyl (C=O) groups is 3. The maximum absolute atomic E-state index is 12.0. The smallest absolute Gasteiger partial charge is 0.338 e. The van der Waals surface area contributed by atoms with Crippen molar-refractivity contribution >= 4 is 35.4 Å². The number of carbonyl (C=O) groups excluding carboxylic acids is 3. The lowest BCUT2D eigenvalue weighted by atomic mass is 10.2. The summed E-state index contributed by atoms with van der Waals surface area (Å²) in [6.07, 6.45) is 1.46. The van der Waals surface area contributed by atoms with Crippen LogP contribution in [-0.4, -0.2) is 43.7 Å². The molecule has 2 aromatic carbocycles. The lowest BCUT2D eigenvalue weighted by Crippen LogP contribution is -2.32. The number of hydrogen-bond acceptors (Lipinski definition) is 6. The molecule has 0 heterocycles. The van der Waals surface area contributed by atoms with E-state index in [1.165, 1.54) is 30.5 Å². The maximum Gasteiger partial charge on any atom is 0.338 e. The highest BCUT2D eigenvalue weighted by atomic mass is 16.5. The second kappa shape index (κ2) is 11.4. The Kier molecular flexibility index (Phi) is 8.56. The second-order valence-electron chi connectivity index (χ2n) is 6.21. The molecule has 0 spiro atoms. The van der Waals surface area contributed by atoms with E-state index in [9.17, 15) is 14.4 Å². The van der Waals surface area contributed by atoms with Crippen molar-refractivity contribution in [1.29, 1.82) is 0 Å². The standard InChI is InChI=1S/C22H26N4O4/c1-4-26(5-2)19-13-7-16(8-14-19)15-23-25-21(28)20(27)24-18-11-9-17(10-12-18)22(29)30-6-3/h7-15H,4-6H2,1-3H3,(H,24,27)(H,25,28)/b23-15+. The zero-order valence-corrected chi connectivity index (χ0v) is 17.3. The van der Waals surface area contributed by atoms with Crippen LogP contribution < -0.4 is 15.6 Å². The van der Waals surface area contributed by atoms with E-state index in [4.69, 9.17) is 4.74 Å². The molecule has 0 saturated heterocycles. The van der Waals surface area contributed by atoms with Crippen LogP contribution in [-0.2, 0) is 14.3 Å². The van der Waals surface area contributed by atoms with Gasteiger partial charge in [0.1, 0.15) is 0 Å². The fourth-order valence-corrected chi connectivity index (χ4v) is 2.67. The van der Waals surface area contributed by atoms with Crippen molar-refractivity contribution < 1.29 is 19.1 Å². The summed E-state index contributed by atoms with van der Waals surface area (Å²) < 4.78 is 4.89. The lowest BCUT2D eigenvalue weighted by molar-refractivity contribution is -0.136. The van der Waals surface area contributed by atoms with E-state index in [2.05, 4.69) is 34.6 Å². The van der Waals surface area contributed by atoms with Crippen molar-refractivity contribution in [1.82, 2.24) is 5.43 Å². The normalized spacial score (nSPS) is 10.5. The molecular formula is C22H26N4O4. The van der Waals surface area contributed by atoms with Crippen LogP contribution in [0.5, 0.6) is 0 Å². The van der Waals surface area contributed by atoms with Gasteiger partial charge in [0.2, 0.25) is 0 Å². The number of nitrogens with one attached hydrogen (secondary N) is 2. The van der Waals surface area contributed by atoms with E-state index in [0.717, 1.165) is 24.3 Å². The summed E-state index contributed by atoms with van der Waals surface area (Å²) in [5.41, 5.74) is 4.82. The largest absolute Gasteiger partial charge is 0.462 e. The van der Waals surface area contributed by atoms with E-state index >= 15 is 0 Å². The number of anilines is 2. The summed E-state index contributed by atoms with van der Waals surface area (Å²) in [5.74, 6) is -2.22. The summed E-state index contributed by atoms with van der Waals surface area (Å²) >= 11 is 0. The van der Waals surface area contributed by atoms with Gasteiger partial charge in [-0.1, -0.05) is 12.1 Å². The Balaban J connectivity index is 1.87. The number of rotatable bonds is 8. The molecule has 0 unspecified atom stereocenters. The van der Waals surface area contributed by atoms with E-state index in [1.807, 2.05) is 24.3 Å². The van der Waals surface area contributed by atoms with Crippen molar-refractivity contribution in [2.45, 2.75) is 20.8 Å². The van der Waals surface area contributed by atoms with E-state index < -0.39 is 17.8 Å². The lowest BCUT2D eigenvalue weighted by Gasteiger charge is -2.20. The number of ether oxygens (including phenoxy) is 1. The minimum Gasteiger partial charge on any atom is -0.462 e. The number of esters is 1. The third kappa shape index (κ3) is 6.44. The highest BCUT2D eigenvalue weighted by Crippen LogP contribution is 2.14. The van der Waals surface area contributed by atoms with Gasteiger partial charge in [0.05, 0.1) is 18.4 Å². The van der Waals surface area contributed by atoms with Gasteiger partial charge in [0, 0.05) is 24.5 Å². The molecule has 0 atom stereocenters. The van der Waals surface area contributed by atoms with Crippen LogP contribution >= 0.6 is 0 Å². The summed E-state index contributed by atoms with van der Waals surface area (Å²) in [6, 6.07) is 13.8. The fraction of sp³-hybridized carbons (Fsp3) is 0.273. The van der Waals surface area contributed by atoms with Crippen LogP contribution in [0.2, 0.25) is 0 Å². The van der Waals surface area contributed by atoms with E-state index in [0.29, 0.717) is 11.3 Å². The summed E-state index contributed by atoms with van der Waals surface area (Å²) in [4.78, 5) is 37.7. The molecule has 0 saturated carbocycles. The minimum atomic E-state index is -0.902. The van der Waals surface area contributed by atoms with Gasteiger partial charge in [-0.05, 0) is 62.7 Å². The molecule has 30 heavy (non-hydrogen) atoms. The van der Waals surface area contributed by atoms with Gasteiger partial charge < -0.3 is 15.0 Å². The first-order chi connectivity index (χ1) is 14.5. The molecule has 2 rings (SSSR count). The second-order valence-corrected chi connectivity index (χ2v) is 6.21. The molecule has 2 amide bonds. The molecule has 0 aliphatic carbocycles. The van der Waals surface area contributed by atoms with Gasteiger partial charge in [-0.25, -0.2) is 10.2 Å². The number of hydrogen-bond donors (Lipinski definition) is 2. The number of nitrogens with zero attached hydrogens (tertiary/aromatic N) is 2. The summed E-state index contributed by atoms with van der Waals surface area (Å²) in [5, 5.41) is 6.26. The maximum atomic E-state index is 12.0. The van der Waals surface area contributed by atoms with Crippen molar-refractivity contribution in [3.8, 4) is 0 Å². The predicted octanol–water partition coefficient (Wildman–Crippen LogP) is 2.80. The molecular weight excluding hydrogens is 384 g/mol. The van der Waals surface area contributed by atoms with Crippen LogP contribution in [0.15, 0.2) is 53.6 Å². The van der Waals surface area contributed by atoms with Gasteiger partial charge in [0.25, 0.3) is 0 Å². The Morgan fingerprint density at radius 2 is 1.57 bits per heavy atom. The van der Waals surface area contributed by atoms with Crippen LogP contribution in [0.3, 0.4) is 0 Å². The molecule has 0 aliphatic rings. The van der Waals surface area contributed by atoms with E-state index in [-0.39, 0.29) is 6.61 Å². The van der Waals surface area contributed by atoms with Crippen molar-refractivity contribution in [3.05, 3.63) is 59.7 Å². The number of amides is 2. The highest BCUT2D eigenvalue weighted by molar-refractivity contribution is 6.39. The molecule has 0 radical (unpaired) electrons. The first-order valence-electron chi connectivity index (χ1n) is 9.75. The quantitative estimate of drug-likeness (QED) is 0.302. The molecule has 0 aromatic heterocycles. The van der Waals surface area contributed by atoms with Crippen LogP contribution in [0.25, 0.3) is 0 Å². The average Bonchev–Trinajstić information content (AvgIpc) is 2.76. The first kappa shape index (κ1) is 22.6. The van der Waals surface area contributed by atoms with Gasteiger partial charge in [-0.15, -0.1) is 0 Å². The molecule has 2 N–H and O–H groups in total. The van der Waals surface area contributed by atoms with Crippen molar-refractivity contribution in [2.75, 3.05) is 29.9 Å². The molecule has 0 aliphatic heterocycles. The topological polar surface area (TPSA) is 100 Å². The van der Waals surface area contributed by atoms with Gasteiger partial charge in [-0.2, -0.15) is 5.10 Å². The SMILES string of the molecule is CCOC(=O)c1ccc(NC(=O)C(=O)N/N=C/c2ccc(N(CC)CC)cc2)cc1. The Bertz CT molecular complexity index is 888. The summed E-state index contributed by atoms with van der Waals surface area (Å²) in [7, 11) is 0. The molecule has 2 aromatic rings. The summed E-state index contributed by atoms with van der Waals surface area (Å²) in [6.45, 7) is 8.01. The van der Waals surface area contributed by atoms with E-state index in [1.54, 1.807) is 6.92 Å². The van der Waals surface area contributed by atoms with Gasteiger partial charge >= 0.3 is 17.8 Å². The molecule has 0 bridgehead atoms. The highest BCUT2D eigenvalue weighted by Gasteiger charge is 2.13. The minimum absolute atomic E-state index is 0.276. The van der Waals surface area contributed by atoms with Gasteiger partial charge in [0.15, 0.2) is 0 Å². The average molecular weight is 410 g/mol. The zero-order chi connectivity index (χ0) is 21.9. The monoisotopic (exact) mass is 410 g/mol. The first-order valence-corrected chi connectivity index (χ1v) is 9.75. The number of benzene rings is 2. The molecule has 8 heteroatoms. The Morgan fingerprint density at radius 3 is 2.13 bits per heavy atom. The Hall–Kier alpha value is -3.68. The van der Waals surface area contributed by atoms with Crippen molar-refractivity contribution in [3.63, 3.8) is 0 Å². The Morgan fingerprint density at radius 1 is 0.933 bits per heavy atom.